The molecule has 2 nitrogen and oxygen atoms in total. The van der Waals surface area contributed by atoms with Crippen LogP contribution >= 0.6 is 0 Å². The van der Waals surface area contributed by atoms with Gasteiger partial charge in [0.05, 0.1) is 18.1 Å². The molecule has 186 valence electrons. The van der Waals surface area contributed by atoms with Crippen molar-refractivity contribution < 1.29 is 23.4 Å². The molecule has 0 saturated heterocycles. The van der Waals surface area contributed by atoms with Crippen molar-refractivity contribution >= 4 is 0 Å². The minimum absolute atomic E-state index is 0.254. The van der Waals surface area contributed by atoms with Crippen LogP contribution in [0.1, 0.15) is 105 Å². The smallest absolute Gasteiger partial charge is 0.391 e. The van der Waals surface area contributed by atoms with Crippen LogP contribution in [0.15, 0.2) is 0 Å². The maximum absolute atomic E-state index is 12.6. The first-order chi connectivity index (χ1) is 14.8. The van der Waals surface area contributed by atoms with Crippen molar-refractivity contribution in [1.82, 2.24) is 0 Å². The lowest BCUT2D eigenvalue weighted by atomic mass is 9.43. The second-order valence-electron chi connectivity index (χ2n) is 13.1. The third kappa shape index (κ3) is 4.51. The second-order valence-corrected chi connectivity index (χ2v) is 13.1. The minimum Gasteiger partial charge on any atom is -0.393 e. The highest BCUT2D eigenvalue weighted by Crippen LogP contribution is 2.68. The van der Waals surface area contributed by atoms with Gasteiger partial charge in [-0.1, -0.05) is 20.8 Å². The summed E-state index contributed by atoms with van der Waals surface area (Å²) in [4.78, 5) is 0. The largest absolute Gasteiger partial charge is 0.393 e. The molecule has 0 spiro atoms. The summed E-state index contributed by atoms with van der Waals surface area (Å²) in [5.41, 5.74) is 0.154. The third-order valence-corrected chi connectivity index (χ3v) is 11.1. The lowest BCUT2D eigenvalue weighted by Gasteiger charge is -2.62. The van der Waals surface area contributed by atoms with Crippen LogP contribution in [0.2, 0.25) is 0 Å². The number of rotatable bonds is 5. The fourth-order valence-electron chi connectivity index (χ4n) is 9.43. The quantitative estimate of drug-likeness (QED) is 0.460. The molecule has 4 aliphatic rings. The number of hydrogen-bond acceptors (Lipinski definition) is 2. The maximum Gasteiger partial charge on any atom is 0.391 e. The van der Waals surface area contributed by atoms with Crippen LogP contribution in [-0.4, -0.2) is 28.1 Å². The molecular formula is C27H45F3O2. The molecule has 0 unspecified atom stereocenters. The van der Waals surface area contributed by atoms with Gasteiger partial charge in [-0.05, 0) is 124 Å². The van der Waals surface area contributed by atoms with E-state index in [1.54, 1.807) is 0 Å². The molecule has 0 heterocycles. The summed E-state index contributed by atoms with van der Waals surface area (Å²) in [6, 6.07) is 0. The first kappa shape index (κ1) is 24.8. The van der Waals surface area contributed by atoms with Crippen LogP contribution in [0.4, 0.5) is 13.2 Å². The molecule has 2 N–H and O–H groups in total. The zero-order chi connectivity index (χ0) is 23.5. The average molecular weight is 459 g/mol. The SMILES string of the molecule is C[C@H](CC[C@H](O)CC(F)(F)F)[C@H]1CC[C@H]2[C@@H]3CC[C@H]4C[C@@](C)(O)CC[C@]4(C)[C@H]3CC[C@]12C. The van der Waals surface area contributed by atoms with E-state index in [0.29, 0.717) is 35.0 Å². The molecule has 0 bridgehead atoms. The molecule has 0 aromatic rings. The van der Waals surface area contributed by atoms with E-state index in [4.69, 9.17) is 0 Å². The van der Waals surface area contributed by atoms with Gasteiger partial charge in [0.1, 0.15) is 0 Å². The molecule has 0 aromatic carbocycles. The molecule has 32 heavy (non-hydrogen) atoms. The van der Waals surface area contributed by atoms with E-state index in [2.05, 4.69) is 20.8 Å². The van der Waals surface area contributed by atoms with Gasteiger partial charge in [0.15, 0.2) is 0 Å². The molecule has 10 atom stereocenters. The predicted octanol–water partition coefficient (Wildman–Crippen LogP) is 7.13. The zero-order valence-electron chi connectivity index (χ0n) is 20.6. The Balaban J connectivity index is 1.42. The van der Waals surface area contributed by atoms with Gasteiger partial charge in [-0.3, -0.25) is 0 Å². The molecule has 0 aromatic heterocycles. The first-order valence-corrected chi connectivity index (χ1v) is 13.2. The Hall–Kier alpha value is -0.290. The van der Waals surface area contributed by atoms with Crippen LogP contribution in [-0.2, 0) is 0 Å². The fraction of sp³-hybridized carbons (Fsp3) is 1.00. The van der Waals surface area contributed by atoms with Gasteiger partial charge in [-0.2, -0.15) is 13.2 Å². The summed E-state index contributed by atoms with van der Waals surface area (Å²) >= 11 is 0. The molecule has 4 aliphatic carbocycles. The van der Waals surface area contributed by atoms with E-state index in [1.165, 1.54) is 38.5 Å². The number of aliphatic hydroxyl groups is 2. The van der Waals surface area contributed by atoms with Crippen molar-refractivity contribution in [3.05, 3.63) is 0 Å². The molecule has 0 amide bonds. The van der Waals surface area contributed by atoms with Crippen LogP contribution in [0.3, 0.4) is 0 Å². The topological polar surface area (TPSA) is 40.5 Å². The van der Waals surface area contributed by atoms with Crippen LogP contribution in [0.5, 0.6) is 0 Å². The van der Waals surface area contributed by atoms with Crippen molar-refractivity contribution in [2.45, 2.75) is 123 Å². The highest BCUT2D eigenvalue weighted by atomic mass is 19.4. The van der Waals surface area contributed by atoms with Crippen molar-refractivity contribution in [2.24, 2.45) is 46.3 Å². The van der Waals surface area contributed by atoms with Gasteiger partial charge in [0.2, 0.25) is 0 Å². The van der Waals surface area contributed by atoms with Gasteiger partial charge in [0.25, 0.3) is 0 Å². The number of hydrogen-bond donors (Lipinski definition) is 2. The van der Waals surface area contributed by atoms with E-state index in [1.807, 2.05) is 6.92 Å². The maximum atomic E-state index is 12.6. The van der Waals surface area contributed by atoms with E-state index in [-0.39, 0.29) is 6.42 Å². The van der Waals surface area contributed by atoms with Crippen LogP contribution in [0.25, 0.3) is 0 Å². The Morgan fingerprint density at radius 2 is 1.56 bits per heavy atom. The van der Waals surface area contributed by atoms with E-state index < -0.39 is 24.3 Å². The summed E-state index contributed by atoms with van der Waals surface area (Å²) < 4.78 is 37.8. The predicted molar refractivity (Wildman–Crippen MR) is 121 cm³/mol. The van der Waals surface area contributed by atoms with Gasteiger partial charge >= 0.3 is 6.18 Å². The van der Waals surface area contributed by atoms with Crippen molar-refractivity contribution in [2.75, 3.05) is 0 Å². The van der Waals surface area contributed by atoms with Crippen LogP contribution < -0.4 is 0 Å². The van der Waals surface area contributed by atoms with E-state index >= 15 is 0 Å². The lowest BCUT2D eigenvalue weighted by molar-refractivity contribution is -0.155. The van der Waals surface area contributed by atoms with E-state index in [0.717, 1.165) is 37.0 Å². The van der Waals surface area contributed by atoms with Gasteiger partial charge in [0, 0.05) is 0 Å². The summed E-state index contributed by atoms with van der Waals surface area (Å²) in [6.45, 7) is 9.23. The van der Waals surface area contributed by atoms with Gasteiger partial charge in [-0.15, -0.1) is 0 Å². The van der Waals surface area contributed by atoms with Crippen molar-refractivity contribution in [3.63, 3.8) is 0 Å². The molecule has 0 aliphatic heterocycles. The number of halogens is 3. The molecule has 5 heteroatoms. The van der Waals surface area contributed by atoms with Gasteiger partial charge < -0.3 is 10.2 Å². The highest BCUT2D eigenvalue weighted by Gasteiger charge is 2.61. The monoisotopic (exact) mass is 458 g/mol. The Kier molecular flexibility index (Phi) is 6.54. The standard InChI is InChI=1S/C27H45F3O2/c1-17(5-7-19(31)16-27(28,29)30)21-9-10-22-20-8-6-18-15-24(2,32)13-14-25(18,3)23(20)11-12-26(21,22)4/h17-23,31-32H,5-16H2,1-4H3/t17-,18+,19+,20+,21-,22+,23+,24+,25+,26-/m1/s1. The lowest BCUT2D eigenvalue weighted by Crippen LogP contribution is -2.55. The zero-order valence-corrected chi connectivity index (χ0v) is 20.6. The van der Waals surface area contributed by atoms with Gasteiger partial charge in [-0.25, -0.2) is 0 Å². The summed E-state index contributed by atoms with van der Waals surface area (Å²) in [5, 5.41) is 20.5. The second kappa shape index (κ2) is 8.43. The van der Waals surface area contributed by atoms with Crippen LogP contribution in [0, 0.1) is 46.3 Å². The normalized spacial score (nSPS) is 48.5. The molecule has 0 radical (unpaired) electrons. The average Bonchev–Trinajstić information content (AvgIpc) is 3.02. The number of aliphatic hydroxyl groups excluding tert-OH is 1. The summed E-state index contributed by atoms with van der Waals surface area (Å²) in [5.74, 6) is 3.83. The Morgan fingerprint density at radius 1 is 0.875 bits per heavy atom. The summed E-state index contributed by atoms with van der Waals surface area (Å²) in [6.07, 6.45) is 4.81. The van der Waals surface area contributed by atoms with Crippen molar-refractivity contribution in [3.8, 4) is 0 Å². The third-order valence-electron chi connectivity index (χ3n) is 11.1. The Labute approximate surface area is 192 Å². The summed E-state index contributed by atoms with van der Waals surface area (Å²) in [7, 11) is 0. The number of alkyl halides is 3. The molecular weight excluding hydrogens is 413 g/mol. The first-order valence-electron chi connectivity index (χ1n) is 13.2. The fourth-order valence-corrected chi connectivity index (χ4v) is 9.43. The Morgan fingerprint density at radius 3 is 2.25 bits per heavy atom. The van der Waals surface area contributed by atoms with Crippen molar-refractivity contribution in [1.29, 1.82) is 0 Å². The van der Waals surface area contributed by atoms with E-state index in [9.17, 15) is 23.4 Å². The Bertz CT molecular complexity index is 676. The highest BCUT2D eigenvalue weighted by molar-refractivity contribution is 5.10. The molecule has 4 rings (SSSR count). The molecule has 4 fully saturated rings. The number of fused-ring (bicyclic) bond motifs is 5. The minimum atomic E-state index is -4.28. The molecule has 4 saturated carbocycles.